The van der Waals surface area contributed by atoms with Crippen LogP contribution in [0.1, 0.15) is 11.4 Å². The van der Waals surface area contributed by atoms with Gasteiger partial charge in [0.2, 0.25) is 0 Å². The molecule has 0 amide bonds. The molecule has 0 unspecified atom stereocenters. The van der Waals surface area contributed by atoms with Crippen LogP contribution in [0, 0.1) is 18.3 Å². The molecule has 0 aliphatic heterocycles. The summed E-state index contributed by atoms with van der Waals surface area (Å²) in [5.41, 5.74) is 2.04. The molecule has 4 nitrogen and oxygen atoms in total. The van der Waals surface area contributed by atoms with E-state index in [1.807, 2.05) is 25.1 Å². The summed E-state index contributed by atoms with van der Waals surface area (Å²) in [6, 6.07) is 5.72. The second kappa shape index (κ2) is 2.31. The Morgan fingerprint density at radius 1 is 1.50 bits per heavy atom. The molecule has 0 saturated heterocycles. The van der Waals surface area contributed by atoms with E-state index in [0.29, 0.717) is 11.3 Å². The number of aromatic nitrogens is 3. The van der Waals surface area contributed by atoms with E-state index in [4.69, 9.17) is 5.26 Å². The lowest BCUT2D eigenvalue weighted by atomic mass is 10.4. The molecule has 0 aliphatic rings. The van der Waals surface area contributed by atoms with Gasteiger partial charge in [-0.2, -0.15) is 10.4 Å². The third kappa shape index (κ3) is 0.839. The number of hydrogen-bond acceptors (Lipinski definition) is 3. The molecule has 12 heavy (non-hydrogen) atoms. The van der Waals surface area contributed by atoms with E-state index < -0.39 is 0 Å². The van der Waals surface area contributed by atoms with Crippen LogP contribution in [0.5, 0.6) is 0 Å². The predicted molar refractivity (Wildman–Crippen MR) is 42.4 cm³/mol. The molecule has 0 radical (unpaired) electrons. The number of nitriles is 1. The third-order valence-corrected chi connectivity index (χ3v) is 1.61. The average molecular weight is 158 g/mol. The molecular formula is C8H6N4. The number of imidazole rings is 1. The number of aryl methyl sites for hydroxylation is 1. The van der Waals surface area contributed by atoms with Crippen LogP contribution in [0.25, 0.3) is 5.65 Å². The van der Waals surface area contributed by atoms with Gasteiger partial charge in [0.15, 0.2) is 11.3 Å². The van der Waals surface area contributed by atoms with Gasteiger partial charge in [0.25, 0.3) is 0 Å². The van der Waals surface area contributed by atoms with Gasteiger partial charge < -0.3 is 0 Å². The molecule has 0 aliphatic carbocycles. The Bertz CT molecular complexity index is 463. The Morgan fingerprint density at radius 3 is 3.08 bits per heavy atom. The van der Waals surface area contributed by atoms with E-state index in [-0.39, 0.29) is 0 Å². The lowest BCUT2D eigenvalue weighted by Gasteiger charge is -1.93. The van der Waals surface area contributed by atoms with Gasteiger partial charge in [0.1, 0.15) is 6.07 Å². The Balaban J connectivity index is 2.86. The summed E-state index contributed by atoms with van der Waals surface area (Å²) in [5, 5.41) is 12.8. The van der Waals surface area contributed by atoms with Gasteiger partial charge in [-0.05, 0) is 19.1 Å². The summed E-state index contributed by atoms with van der Waals surface area (Å²) >= 11 is 0. The molecular weight excluding hydrogens is 152 g/mol. The van der Waals surface area contributed by atoms with Crippen molar-refractivity contribution in [2.24, 2.45) is 0 Å². The molecule has 2 rings (SSSR count). The maximum atomic E-state index is 8.66. The van der Waals surface area contributed by atoms with Crippen LogP contribution in [0.2, 0.25) is 0 Å². The minimum atomic E-state index is 0.466. The quantitative estimate of drug-likeness (QED) is 0.572. The van der Waals surface area contributed by atoms with Gasteiger partial charge in [-0.15, -0.1) is 0 Å². The summed E-state index contributed by atoms with van der Waals surface area (Å²) in [6.07, 6.45) is 1.52. The van der Waals surface area contributed by atoms with E-state index in [0.717, 1.165) is 5.69 Å². The number of rotatable bonds is 0. The predicted octanol–water partition coefficient (Wildman–Crippen LogP) is 0.909. The van der Waals surface area contributed by atoms with E-state index in [1.165, 1.54) is 10.7 Å². The first-order valence-electron chi connectivity index (χ1n) is 3.53. The monoisotopic (exact) mass is 158 g/mol. The number of nitrogens with zero attached hydrogens (tertiary/aromatic N) is 4. The van der Waals surface area contributed by atoms with Crippen molar-refractivity contribution in [1.82, 2.24) is 14.6 Å². The SMILES string of the molecule is Cc1ccc2ncc(C#N)n2n1. The van der Waals surface area contributed by atoms with Crippen LogP contribution in [0.15, 0.2) is 18.3 Å². The highest BCUT2D eigenvalue weighted by Gasteiger charge is 2.01. The van der Waals surface area contributed by atoms with Crippen molar-refractivity contribution < 1.29 is 0 Å². The van der Waals surface area contributed by atoms with Crippen molar-refractivity contribution in [3.8, 4) is 6.07 Å². The first-order chi connectivity index (χ1) is 5.81. The lowest BCUT2D eigenvalue weighted by Crippen LogP contribution is -1.95. The summed E-state index contributed by atoms with van der Waals surface area (Å²) in [4.78, 5) is 4.01. The van der Waals surface area contributed by atoms with Crippen LogP contribution in [0.4, 0.5) is 0 Å². The summed E-state index contributed by atoms with van der Waals surface area (Å²) in [6.45, 7) is 1.88. The zero-order valence-corrected chi connectivity index (χ0v) is 6.52. The molecule has 0 fully saturated rings. The van der Waals surface area contributed by atoms with Gasteiger partial charge in [-0.3, -0.25) is 0 Å². The zero-order valence-electron chi connectivity index (χ0n) is 6.52. The molecule has 4 heteroatoms. The van der Waals surface area contributed by atoms with Gasteiger partial charge in [0, 0.05) is 0 Å². The average Bonchev–Trinajstić information content (AvgIpc) is 2.46. The fourth-order valence-electron chi connectivity index (χ4n) is 1.04. The lowest BCUT2D eigenvalue weighted by molar-refractivity contribution is 0.888. The maximum absolute atomic E-state index is 8.66. The second-order valence-corrected chi connectivity index (χ2v) is 2.50. The first kappa shape index (κ1) is 6.80. The standard InChI is InChI=1S/C8H6N4/c1-6-2-3-8-10-5-7(4-9)12(8)11-6/h2-3,5H,1H3. The van der Waals surface area contributed by atoms with Gasteiger partial charge in [-0.1, -0.05) is 0 Å². The fraction of sp³-hybridized carbons (Fsp3) is 0.125. The van der Waals surface area contributed by atoms with Gasteiger partial charge in [0.05, 0.1) is 11.9 Å². The Hall–Kier alpha value is -1.89. The van der Waals surface area contributed by atoms with Crippen molar-refractivity contribution >= 4 is 5.65 Å². The largest absolute Gasteiger partial charge is 0.234 e. The smallest absolute Gasteiger partial charge is 0.162 e. The highest BCUT2D eigenvalue weighted by molar-refractivity contribution is 5.41. The molecule has 0 aromatic carbocycles. The summed E-state index contributed by atoms with van der Waals surface area (Å²) in [5.74, 6) is 0. The van der Waals surface area contributed by atoms with E-state index in [9.17, 15) is 0 Å². The number of hydrogen-bond donors (Lipinski definition) is 0. The molecule has 0 bridgehead atoms. The highest BCUT2D eigenvalue weighted by atomic mass is 15.3. The summed E-state index contributed by atoms with van der Waals surface area (Å²) < 4.78 is 1.54. The molecule has 0 spiro atoms. The minimum absolute atomic E-state index is 0.466. The molecule has 2 aromatic rings. The minimum Gasteiger partial charge on any atom is -0.234 e. The van der Waals surface area contributed by atoms with Crippen LogP contribution in [0.3, 0.4) is 0 Å². The van der Waals surface area contributed by atoms with Crippen LogP contribution in [-0.4, -0.2) is 14.6 Å². The van der Waals surface area contributed by atoms with Crippen molar-refractivity contribution in [3.63, 3.8) is 0 Å². The fourth-order valence-corrected chi connectivity index (χ4v) is 1.04. The normalized spacial score (nSPS) is 10.0. The summed E-state index contributed by atoms with van der Waals surface area (Å²) in [7, 11) is 0. The van der Waals surface area contributed by atoms with E-state index in [1.54, 1.807) is 0 Å². The van der Waals surface area contributed by atoms with Crippen molar-refractivity contribution in [3.05, 3.63) is 29.7 Å². The van der Waals surface area contributed by atoms with Crippen LogP contribution < -0.4 is 0 Å². The topological polar surface area (TPSA) is 54.0 Å². The highest BCUT2D eigenvalue weighted by Crippen LogP contribution is 2.03. The Kier molecular flexibility index (Phi) is 1.31. The van der Waals surface area contributed by atoms with Crippen molar-refractivity contribution in [2.45, 2.75) is 6.92 Å². The van der Waals surface area contributed by atoms with Crippen molar-refractivity contribution in [1.29, 1.82) is 5.26 Å². The molecule has 0 atom stereocenters. The second-order valence-electron chi connectivity index (χ2n) is 2.50. The molecule has 58 valence electrons. The van der Waals surface area contributed by atoms with Crippen LogP contribution in [-0.2, 0) is 0 Å². The molecule has 2 aromatic heterocycles. The van der Waals surface area contributed by atoms with Gasteiger partial charge in [-0.25, -0.2) is 9.50 Å². The van der Waals surface area contributed by atoms with Crippen LogP contribution >= 0.6 is 0 Å². The number of fused-ring (bicyclic) bond motifs is 1. The molecule has 2 heterocycles. The van der Waals surface area contributed by atoms with E-state index in [2.05, 4.69) is 10.1 Å². The Labute approximate surface area is 69.1 Å². The molecule has 0 N–H and O–H groups in total. The van der Waals surface area contributed by atoms with E-state index >= 15 is 0 Å². The first-order valence-corrected chi connectivity index (χ1v) is 3.53. The molecule has 0 saturated carbocycles. The third-order valence-electron chi connectivity index (χ3n) is 1.61. The van der Waals surface area contributed by atoms with Crippen molar-refractivity contribution in [2.75, 3.05) is 0 Å². The zero-order chi connectivity index (χ0) is 8.55. The van der Waals surface area contributed by atoms with Gasteiger partial charge >= 0.3 is 0 Å². The Morgan fingerprint density at radius 2 is 2.33 bits per heavy atom. The maximum Gasteiger partial charge on any atom is 0.162 e.